The molecule has 0 saturated carbocycles. The minimum Gasteiger partial charge on any atom is -0.398 e. The summed E-state index contributed by atoms with van der Waals surface area (Å²) in [6.45, 7) is 1.20. The summed E-state index contributed by atoms with van der Waals surface area (Å²) >= 11 is 0. The topological polar surface area (TPSA) is 68.3 Å². The maximum Gasteiger partial charge on any atom is 0.186 e. The Morgan fingerprint density at radius 1 is 1.40 bits per heavy atom. The molecule has 1 aromatic carbocycles. The highest BCUT2D eigenvalue weighted by molar-refractivity contribution is 5.50. The van der Waals surface area contributed by atoms with E-state index in [4.69, 9.17) is 20.5 Å². The summed E-state index contributed by atoms with van der Waals surface area (Å²) in [7, 11) is 0. The fourth-order valence-electron chi connectivity index (χ4n) is 1.58. The number of hydrogen-bond acceptors (Lipinski definition) is 4. The lowest BCUT2D eigenvalue weighted by molar-refractivity contribution is -0.0435. The zero-order chi connectivity index (χ0) is 10.7. The van der Waals surface area contributed by atoms with Crippen LogP contribution in [0.25, 0.3) is 0 Å². The fraction of sp³-hybridized carbons (Fsp3) is 0.364. The van der Waals surface area contributed by atoms with Crippen LogP contribution in [0.5, 0.6) is 0 Å². The van der Waals surface area contributed by atoms with Gasteiger partial charge in [0.15, 0.2) is 6.29 Å². The van der Waals surface area contributed by atoms with Gasteiger partial charge in [0, 0.05) is 11.3 Å². The Kier molecular flexibility index (Phi) is 2.86. The van der Waals surface area contributed by atoms with E-state index in [1.165, 1.54) is 0 Å². The van der Waals surface area contributed by atoms with Crippen LogP contribution >= 0.6 is 0 Å². The predicted octanol–water partition coefficient (Wildman–Crippen LogP) is 1.38. The van der Waals surface area contributed by atoms with Gasteiger partial charge in [0.1, 0.15) is 0 Å². The van der Waals surface area contributed by atoms with Crippen molar-refractivity contribution in [2.45, 2.75) is 12.7 Å². The zero-order valence-corrected chi connectivity index (χ0v) is 8.27. The Hall–Kier alpha value is -1.57. The van der Waals surface area contributed by atoms with Gasteiger partial charge in [-0.05, 0) is 11.6 Å². The van der Waals surface area contributed by atoms with Crippen molar-refractivity contribution in [2.24, 2.45) is 0 Å². The number of ether oxygens (including phenoxy) is 2. The van der Waals surface area contributed by atoms with Gasteiger partial charge >= 0.3 is 0 Å². The van der Waals surface area contributed by atoms with Crippen molar-refractivity contribution in [2.75, 3.05) is 18.9 Å². The molecule has 1 aromatic rings. The van der Waals surface area contributed by atoms with Crippen LogP contribution in [0, 0.1) is 11.3 Å². The Morgan fingerprint density at radius 2 is 2.13 bits per heavy atom. The van der Waals surface area contributed by atoms with Crippen LogP contribution in [0.4, 0.5) is 5.69 Å². The second kappa shape index (κ2) is 4.30. The molecule has 78 valence electrons. The van der Waals surface area contributed by atoms with Crippen LogP contribution in [0.3, 0.4) is 0 Å². The second-order valence-corrected chi connectivity index (χ2v) is 3.37. The first-order valence-corrected chi connectivity index (χ1v) is 4.79. The first-order chi connectivity index (χ1) is 7.31. The molecule has 4 nitrogen and oxygen atoms in total. The van der Waals surface area contributed by atoms with Crippen molar-refractivity contribution in [1.29, 1.82) is 5.26 Å². The molecule has 0 spiro atoms. The van der Waals surface area contributed by atoms with E-state index in [1.54, 1.807) is 6.07 Å². The lowest BCUT2D eigenvalue weighted by atomic mass is 10.1. The number of nitrogens with two attached hydrogens (primary N) is 1. The molecule has 1 fully saturated rings. The number of rotatable bonds is 2. The quantitative estimate of drug-likeness (QED) is 0.739. The van der Waals surface area contributed by atoms with Gasteiger partial charge in [-0.1, -0.05) is 12.1 Å². The highest BCUT2D eigenvalue weighted by Crippen LogP contribution is 2.28. The number of nitrogen functional groups attached to an aromatic ring is 1. The third-order valence-electron chi connectivity index (χ3n) is 2.31. The van der Waals surface area contributed by atoms with E-state index in [1.807, 2.05) is 12.1 Å². The van der Waals surface area contributed by atoms with Crippen LogP contribution in [0.1, 0.15) is 17.4 Å². The zero-order valence-electron chi connectivity index (χ0n) is 8.27. The summed E-state index contributed by atoms with van der Waals surface area (Å²) in [5.74, 6) is 0. The largest absolute Gasteiger partial charge is 0.398 e. The van der Waals surface area contributed by atoms with Gasteiger partial charge in [-0.2, -0.15) is 5.26 Å². The average molecular weight is 204 g/mol. The molecule has 0 amide bonds. The second-order valence-electron chi connectivity index (χ2n) is 3.37. The van der Waals surface area contributed by atoms with E-state index in [2.05, 4.69) is 6.07 Å². The molecule has 0 radical (unpaired) electrons. The van der Waals surface area contributed by atoms with Crippen LogP contribution in [-0.2, 0) is 15.9 Å². The first-order valence-electron chi connectivity index (χ1n) is 4.79. The summed E-state index contributed by atoms with van der Waals surface area (Å²) in [5, 5.41) is 8.55. The van der Waals surface area contributed by atoms with Gasteiger partial charge in [0.2, 0.25) is 0 Å². The summed E-state index contributed by atoms with van der Waals surface area (Å²) in [6, 6.07) is 7.61. The Balaban J connectivity index is 2.22. The molecule has 0 aromatic heterocycles. The maximum atomic E-state index is 8.55. The molecule has 1 aliphatic heterocycles. The molecule has 15 heavy (non-hydrogen) atoms. The monoisotopic (exact) mass is 204 g/mol. The van der Waals surface area contributed by atoms with Crippen molar-refractivity contribution in [3.8, 4) is 6.07 Å². The highest BCUT2D eigenvalue weighted by Gasteiger charge is 2.20. The number of hydrogen-bond donors (Lipinski definition) is 1. The fourth-order valence-corrected chi connectivity index (χ4v) is 1.58. The molecule has 0 unspecified atom stereocenters. The van der Waals surface area contributed by atoms with Gasteiger partial charge < -0.3 is 15.2 Å². The van der Waals surface area contributed by atoms with Gasteiger partial charge in [0.05, 0.1) is 25.7 Å². The Bertz CT molecular complexity index is 392. The number of nitriles is 1. The lowest BCUT2D eigenvalue weighted by Crippen LogP contribution is -2.03. The van der Waals surface area contributed by atoms with E-state index in [0.29, 0.717) is 25.3 Å². The summed E-state index contributed by atoms with van der Waals surface area (Å²) in [6.07, 6.45) is 0.0257. The molecule has 0 atom stereocenters. The Morgan fingerprint density at radius 3 is 2.73 bits per heavy atom. The molecule has 4 heteroatoms. The van der Waals surface area contributed by atoms with Crippen molar-refractivity contribution >= 4 is 5.69 Å². The van der Waals surface area contributed by atoms with Crippen LogP contribution in [0.15, 0.2) is 18.2 Å². The molecular formula is C11H12N2O2. The number of anilines is 1. The van der Waals surface area contributed by atoms with Gasteiger partial charge in [-0.25, -0.2) is 0 Å². The third-order valence-corrected chi connectivity index (χ3v) is 2.31. The third kappa shape index (κ3) is 2.09. The van der Waals surface area contributed by atoms with E-state index in [-0.39, 0.29) is 6.29 Å². The molecule has 1 saturated heterocycles. The van der Waals surface area contributed by atoms with Gasteiger partial charge in [0.25, 0.3) is 0 Å². The van der Waals surface area contributed by atoms with Crippen LogP contribution < -0.4 is 5.73 Å². The SMILES string of the molecule is N#CCc1ccc(C2OCCO2)c(N)c1. The van der Waals surface area contributed by atoms with Gasteiger partial charge in [-0.15, -0.1) is 0 Å². The molecule has 2 N–H and O–H groups in total. The number of nitrogens with zero attached hydrogens (tertiary/aromatic N) is 1. The van der Waals surface area contributed by atoms with Crippen LogP contribution in [-0.4, -0.2) is 13.2 Å². The van der Waals surface area contributed by atoms with Crippen LogP contribution in [0.2, 0.25) is 0 Å². The Labute approximate surface area is 88.2 Å². The molecular weight excluding hydrogens is 192 g/mol. The normalized spacial score (nSPS) is 16.5. The summed E-state index contributed by atoms with van der Waals surface area (Å²) in [4.78, 5) is 0. The van der Waals surface area contributed by atoms with Crippen molar-refractivity contribution in [3.63, 3.8) is 0 Å². The number of benzene rings is 1. The highest BCUT2D eigenvalue weighted by atomic mass is 16.7. The van der Waals surface area contributed by atoms with Crippen molar-refractivity contribution in [1.82, 2.24) is 0 Å². The molecule has 0 aliphatic carbocycles. The van der Waals surface area contributed by atoms with E-state index in [0.717, 1.165) is 11.1 Å². The van der Waals surface area contributed by atoms with Gasteiger partial charge in [-0.3, -0.25) is 0 Å². The van der Waals surface area contributed by atoms with E-state index >= 15 is 0 Å². The predicted molar refractivity (Wildman–Crippen MR) is 54.8 cm³/mol. The molecule has 1 heterocycles. The first kappa shape index (κ1) is 9.97. The summed E-state index contributed by atoms with van der Waals surface area (Å²) in [5.41, 5.74) is 8.24. The van der Waals surface area contributed by atoms with E-state index in [9.17, 15) is 0 Å². The van der Waals surface area contributed by atoms with E-state index < -0.39 is 0 Å². The summed E-state index contributed by atoms with van der Waals surface area (Å²) < 4.78 is 10.7. The standard InChI is InChI=1S/C11H12N2O2/c12-4-3-8-1-2-9(10(13)7-8)11-14-5-6-15-11/h1-2,7,11H,3,5-6,13H2. The molecule has 2 rings (SSSR count). The molecule has 0 bridgehead atoms. The maximum absolute atomic E-state index is 8.55. The minimum atomic E-state index is -0.346. The molecule has 1 aliphatic rings. The minimum absolute atomic E-state index is 0.346. The smallest absolute Gasteiger partial charge is 0.186 e. The van der Waals surface area contributed by atoms with Crippen molar-refractivity contribution in [3.05, 3.63) is 29.3 Å². The average Bonchev–Trinajstić information content (AvgIpc) is 2.71. The van der Waals surface area contributed by atoms with Crippen molar-refractivity contribution < 1.29 is 9.47 Å². The lowest BCUT2D eigenvalue weighted by Gasteiger charge is -2.12.